The molecule has 1 aliphatic heterocycles. The molecule has 1 saturated heterocycles. The van der Waals surface area contributed by atoms with Crippen molar-refractivity contribution in [2.75, 3.05) is 25.5 Å². The van der Waals surface area contributed by atoms with Gasteiger partial charge in [0.2, 0.25) is 5.91 Å². The van der Waals surface area contributed by atoms with Gasteiger partial charge in [-0.15, -0.1) is 0 Å². The lowest BCUT2D eigenvalue weighted by molar-refractivity contribution is -0.126. The van der Waals surface area contributed by atoms with Gasteiger partial charge < -0.3 is 15.5 Å². The highest BCUT2D eigenvalue weighted by molar-refractivity contribution is 5.94. The van der Waals surface area contributed by atoms with Crippen molar-refractivity contribution < 1.29 is 9.59 Å². The molecular weight excluding hydrogens is 346 g/mol. The molecule has 0 bridgehead atoms. The Kier molecular flexibility index (Phi) is 5.11. The predicted molar refractivity (Wildman–Crippen MR) is 100 cm³/mol. The van der Waals surface area contributed by atoms with Crippen molar-refractivity contribution in [3.05, 3.63) is 35.5 Å². The van der Waals surface area contributed by atoms with E-state index in [1.807, 2.05) is 33.2 Å². The second-order valence-corrected chi connectivity index (χ2v) is 6.89. The minimum atomic E-state index is -0.795. The molecule has 2 aromatic rings. The molecule has 2 aromatic heterocycles. The van der Waals surface area contributed by atoms with Gasteiger partial charge in [-0.1, -0.05) is 0 Å². The van der Waals surface area contributed by atoms with E-state index in [0.717, 1.165) is 11.3 Å². The Labute approximate surface area is 158 Å². The zero-order valence-electron chi connectivity index (χ0n) is 16.1. The minimum absolute atomic E-state index is 0.102. The van der Waals surface area contributed by atoms with E-state index in [4.69, 9.17) is 0 Å². The van der Waals surface area contributed by atoms with Crippen LogP contribution in [0.2, 0.25) is 0 Å². The summed E-state index contributed by atoms with van der Waals surface area (Å²) in [5.74, 6) is 0.416. The molecule has 0 unspecified atom stereocenters. The number of likely N-dealkylation sites (N-methyl/N-ethyl adjacent to an activating group) is 1. The number of amides is 2. The lowest BCUT2D eigenvalue weighted by atomic mass is 9.86. The second kappa shape index (κ2) is 7.34. The maximum absolute atomic E-state index is 12.9. The average molecular weight is 371 g/mol. The van der Waals surface area contributed by atoms with E-state index in [1.54, 1.807) is 16.6 Å². The van der Waals surface area contributed by atoms with Crippen molar-refractivity contribution in [3.63, 3.8) is 0 Å². The molecule has 1 fully saturated rings. The largest absolute Gasteiger partial charge is 0.357 e. The molecule has 0 saturated carbocycles. The average Bonchev–Trinajstić information content (AvgIpc) is 3.07. The van der Waals surface area contributed by atoms with Crippen LogP contribution < -0.4 is 10.6 Å². The lowest BCUT2D eigenvalue weighted by Crippen LogP contribution is -2.58. The summed E-state index contributed by atoms with van der Waals surface area (Å²) >= 11 is 0. The van der Waals surface area contributed by atoms with Crippen LogP contribution in [0.4, 0.5) is 5.82 Å². The number of piperidine rings is 1. The van der Waals surface area contributed by atoms with Crippen LogP contribution in [-0.2, 0) is 11.8 Å². The maximum atomic E-state index is 12.9. The molecule has 27 heavy (non-hydrogen) atoms. The van der Waals surface area contributed by atoms with Gasteiger partial charge in [0, 0.05) is 50.7 Å². The number of hydrogen-bond acceptors (Lipinski definition) is 6. The maximum Gasteiger partial charge on any atom is 0.272 e. The van der Waals surface area contributed by atoms with E-state index >= 15 is 0 Å². The zero-order valence-corrected chi connectivity index (χ0v) is 16.1. The lowest BCUT2D eigenvalue weighted by Gasteiger charge is -2.40. The first-order valence-electron chi connectivity index (χ1n) is 8.94. The molecule has 9 nitrogen and oxygen atoms in total. The predicted octanol–water partition coefficient (Wildman–Crippen LogP) is 0.660. The van der Waals surface area contributed by atoms with Crippen molar-refractivity contribution in [1.82, 2.24) is 30.0 Å². The first kappa shape index (κ1) is 18.8. The van der Waals surface area contributed by atoms with E-state index in [1.165, 1.54) is 6.33 Å². The minimum Gasteiger partial charge on any atom is -0.357 e. The standard InChI is InChI=1S/C18H25N7O2/c1-12-13(2)20-11-21-15(12)16(26)25-9-6-18(7-10-25,17(27)19-3)22-14-5-8-24(4)23-14/h5,8,11H,6-7,9-10H2,1-4H3,(H,19,27)(H,22,23). The fourth-order valence-corrected chi connectivity index (χ4v) is 3.37. The number of hydrogen-bond donors (Lipinski definition) is 2. The number of aromatic nitrogens is 4. The fourth-order valence-electron chi connectivity index (χ4n) is 3.37. The van der Waals surface area contributed by atoms with Crippen LogP contribution in [0, 0.1) is 13.8 Å². The number of rotatable bonds is 4. The van der Waals surface area contributed by atoms with E-state index < -0.39 is 5.54 Å². The Morgan fingerprint density at radius 3 is 2.48 bits per heavy atom. The number of anilines is 1. The number of nitrogens with zero attached hydrogens (tertiary/aromatic N) is 5. The Hall–Kier alpha value is -2.97. The number of carbonyl (C=O) groups is 2. The molecule has 3 rings (SSSR count). The van der Waals surface area contributed by atoms with Crippen molar-refractivity contribution in [2.24, 2.45) is 7.05 Å². The van der Waals surface area contributed by atoms with Gasteiger partial charge in [0.15, 0.2) is 0 Å². The summed E-state index contributed by atoms with van der Waals surface area (Å²) in [7, 11) is 3.44. The Balaban J connectivity index is 1.77. The second-order valence-electron chi connectivity index (χ2n) is 6.89. The topological polar surface area (TPSA) is 105 Å². The molecule has 0 spiro atoms. The van der Waals surface area contributed by atoms with Gasteiger partial charge in [-0.05, 0) is 26.7 Å². The molecule has 0 radical (unpaired) electrons. The molecule has 1 aliphatic rings. The Bertz CT molecular complexity index is 853. The van der Waals surface area contributed by atoms with Crippen LogP contribution in [-0.4, -0.2) is 62.1 Å². The van der Waals surface area contributed by atoms with Crippen LogP contribution in [0.5, 0.6) is 0 Å². The highest BCUT2D eigenvalue weighted by Crippen LogP contribution is 2.28. The highest BCUT2D eigenvalue weighted by Gasteiger charge is 2.42. The summed E-state index contributed by atoms with van der Waals surface area (Å²) in [5.41, 5.74) is 1.21. The Morgan fingerprint density at radius 2 is 1.89 bits per heavy atom. The SMILES string of the molecule is CNC(=O)C1(Nc2ccn(C)n2)CCN(C(=O)c2ncnc(C)c2C)CC1. The normalized spacial score (nSPS) is 16.1. The van der Waals surface area contributed by atoms with E-state index in [2.05, 4.69) is 25.7 Å². The molecule has 0 aromatic carbocycles. The van der Waals surface area contributed by atoms with Gasteiger partial charge in [0.05, 0.1) is 0 Å². The van der Waals surface area contributed by atoms with Crippen LogP contribution in [0.15, 0.2) is 18.6 Å². The summed E-state index contributed by atoms with van der Waals surface area (Å²) in [6.45, 7) is 4.62. The van der Waals surface area contributed by atoms with Gasteiger partial charge in [-0.3, -0.25) is 14.3 Å². The number of aryl methyl sites for hydroxylation is 2. The quantitative estimate of drug-likeness (QED) is 0.818. The molecular formula is C18H25N7O2. The summed E-state index contributed by atoms with van der Waals surface area (Å²) in [6.07, 6.45) is 4.20. The number of likely N-dealkylation sites (tertiary alicyclic amines) is 1. The molecule has 144 valence electrons. The van der Waals surface area contributed by atoms with Gasteiger partial charge in [0.1, 0.15) is 23.4 Å². The summed E-state index contributed by atoms with van der Waals surface area (Å²) < 4.78 is 1.68. The molecule has 3 heterocycles. The third-order valence-electron chi connectivity index (χ3n) is 5.19. The molecule has 2 N–H and O–H groups in total. The monoisotopic (exact) mass is 371 g/mol. The van der Waals surface area contributed by atoms with Crippen LogP contribution in [0.25, 0.3) is 0 Å². The number of nitrogens with one attached hydrogen (secondary N) is 2. The summed E-state index contributed by atoms with van der Waals surface area (Å²) in [5, 5.41) is 10.3. The van der Waals surface area contributed by atoms with Crippen LogP contribution >= 0.6 is 0 Å². The summed E-state index contributed by atoms with van der Waals surface area (Å²) in [4.78, 5) is 35.5. The van der Waals surface area contributed by atoms with Crippen molar-refractivity contribution in [3.8, 4) is 0 Å². The van der Waals surface area contributed by atoms with E-state index in [-0.39, 0.29) is 11.8 Å². The van der Waals surface area contributed by atoms with Crippen molar-refractivity contribution >= 4 is 17.6 Å². The van der Waals surface area contributed by atoms with Crippen molar-refractivity contribution in [2.45, 2.75) is 32.2 Å². The highest BCUT2D eigenvalue weighted by atomic mass is 16.2. The number of carbonyl (C=O) groups excluding carboxylic acids is 2. The third kappa shape index (κ3) is 3.62. The third-order valence-corrected chi connectivity index (χ3v) is 5.19. The Morgan fingerprint density at radius 1 is 1.19 bits per heavy atom. The van der Waals surface area contributed by atoms with Crippen molar-refractivity contribution in [1.29, 1.82) is 0 Å². The van der Waals surface area contributed by atoms with Crippen LogP contribution in [0.1, 0.15) is 34.6 Å². The molecule has 0 atom stereocenters. The van der Waals surface area contributed by atoms with Crippen LogP contribution in [0.3, 0.4) is 0 Å². The van der Waals surface area contributed by atoms with Gasteiger partial charge >= 0.3 is 0 Å². The van der Waals surface area contributed by atoms with E-state index in [9.17, 15) is 9.59 Å². The van der Waals surface area contributed by atoms with E-state index in [0.29, 0.717) is 37.4 Å². The van der Waals surface area contributed by atoms with Gasteiger partial charge in [0.25, 0.3) is 5.91 Å². The molecule has 9 heteroatoms. The smallest absolute Gasteiger partial charge is 0.272 e. The fraction of sp³-hybridized carbons (Fsp3) is 0.500. The first-order chi connectivity index (χ1) is 12.9. The van der Waals surface area contributed by atoms with Gasteiger partial charge in [-0.25, -0.2) is 9.97 Å². The van der Waals surface area contributed by atoms with Gasteiger partial charge in [-0.2, -0.15) is 5.10 Å². The summed E-state index contributed by atoms with van der Waals surface area (Å²) in [6, 6.07) is 1.83. The first-order valence-corrected chi connectivity index (χ1v) is 8.94. The zero-order chi connectivity index (χ0) is 19.6. The molecule has 2 amide bonds. The molecule has 0 aliphatic carbocycles.